The quantitative estimate of drug-likeness (QED) is 0.754. The number of hydrogen-bond acceptors (Lipinski definition) is 4. The van der Waals surface area contributed by atoms with Crippen LogP contribution in [0.25, 0.3) is 11.1 Å². The van der Waals surface area contributed by atoms with E-state index in [0.717, 1.165) is 11.1 Å². The zero-order valence-corrected chi connectivity index (χ0v) is 12.3. The first-order valence-electron chi connectivity index (χ1n) is 6.65. The van der Waals surface area contributed by atoms with E-state index in [0.29, 0.717) is 5.69 Å². The Morgan fingerprint density at radius 2 is 2.09 bits per heavy atom. The van der Waals surface area contributed by atoms with Crippen LogP contribution < -0.4 is 16.0 Å². The van der Waals surface area contributed by atoms with Crippen molar-refractivity contribution in [2.75, 3.05) is 5.32 Å². The number of anilines is 1. The normalized spacial score (nSPS) is 17.0. The van der Waals surface area contributed by atoms with Crippen LogP contribution in [0.15, 0.2) is 41.1 Å². The smallest absolute Gasteiger partial charge is 0.322 e. The monoisotopic (exact) mass is 315 g/mol. The summed E-state index contributed by atoms with van der Waals surface area (Å²) in [7, 11) is 0. The Labute approximate surface area is 130 Å². The lowest BCUT2D eigenvalue weighted by Gasteiger charge is -2.09. The number of carbonyl (C=O) groups excluding carboxylic acids is 3. The molecule has 0 aliphatic carbocycles. The lowest BCUT2D eigenvalue weighted by Crippen LogP contribution is -2.33. The first-order valence-corrected chi connectivity index (χ1v) is 7.60. The summed E-state index contributed by atoms with van der Waals surface area (Å²) in [5.41, 5.74) is 2.74. The summed E-state index contributed by atoms with van der Waals surface area (Å²) in [6.07, 6.45) is -0.0970. The Bertz CT molecular complexity index is 727. The molecule has 1 aromatic heterocycles. The van der Waals surface area contributed by atoms with Gasteiger partial charge in [0.15, 0.2) is 0 Å². The number of thiophene rings is 1. The molecule has 1 fully saturated rings. The van der Waals surface area contributed by atoms with Crippen LogP contribution in [-0.2, 0) is 9.59 Å². The lowest BCUT2D eigenvalue weighted by molar-refractivity contribution is -0.124. The highest BCUT2D eigenvalue weighted by Gasteiger charge is 2.31. The maximum absolute atomic E-state index is 12.0. The predicted molar refractivity (Wildman–Crippen MR) is 83.5 cm³/mol. The van der Waals surface area contributed by atoms with Crippen molar-refractivity contribution in [2.24, 2.45) is 0 Å². The van der Waals surface area contributed by atoms with Crippen LogP contribution in [-0.4, -0.2) is 23.9 Å². The summed E-state index contributed by atoms with van der Waals surface area (Å²) in [6, 6.07) is 8.09. The molecule has 1 aliphatic heterocycles. The van der Waals surface area contributed by atoms with Gasteiger partial charge >= 0.3 is 6.03 Å². The Balaban J connectivity index is 1.66. The van der Waals surface area contributed by atoms with Crippen molar-refractivity contribution in [2.45, 2.75) is 12.5 Å². The number of amides is 4. The van der Waals surface area contributed by atoms with Gasteiger partial charge in [-0.05, 0) is 40.1 Å². The van der Waals surface area contributed by atoms with E-state index in [1.807, 2.05) is 35.0 Å². The molecule has 0 saturated carbocycles. The highest BCUT2D eigenvalue weighted by molar-refractivity contribution is 7.08. The second kappa shape index (κ2) is 5.98. The molecule has 1 aromatic carbocycles. The van der Waals surface area contributed by atoms with Gasteiger partial charge in [0.25, 0.3) is 5.91 Å². The lowest BCUT2D eigenvalue weighted by atomic mass is 10.1. The molecule has 3 rings (SSSR count). The molecule has 3 N–H and O–H groups in total. The predicted octanol–water partition coefficient (Wildman–Crippen LogP) is 1.95. The van der Waals surface area contributed by atoms with Gasteiger partial charge in [-0.3, -0.25) is 14.9 Å². The van der Waals surface area contributed by atoms with Gasteiger partial charge in [-0.2, -0.15) is 11.3 Å². The van der Waals surface area contributed by atoms with Gasteiger partial charge in [-0.25, -0.2) is 4.79 Å². The molecule has 0 radical (unpaired) electrons. The molecule has 6 nitrogen and oxygen atoms in total. The van der Waals surface area contributed by atoms with Crippen LogP contribution in [0.3, 0.4) is 0 Å². The molecule has 4 amide bonds. The SMILES string of the molecule is O=C(CC1NC(=O)NC1=O)Nc1cccc(-c2ccsc2)c1. The van der Waals surface area contributed by atoms with Crippen LogP contribution in [0.5, 0.6) is 0 Å². The van der Waals surface area contributed by atoms with Gasteiger partial charge in [0.1, 0.15) is 6.04 Å². The molecule has 1 aliphatic rings. The van der Waals surface area contributed by atoms with Gasteiger partial charge in [0, 0.05) is 5.69 Å². The van der Waals surface area contributed by atoms with Crippen LogP contribution in [0.2, 0.25) is 0 Å². The molecule has 2 heterocycles. The van der Waals surface area contributed by atoms with Crippen LogP contribution in [0, 0.1) is 0 Å². The first kappa shape index (κ1) is 14.3. The molecule has 22 heavy (non-hydrogen) atoms. The fraction of sp³-hybridized carbons (Fsp3) is 0.133. The Morgan fingerprint density at radius 1 is 1.23 bits per heavy atom. The van der Waals surface area contributed by atoms with E-state index in [1.165, 1.54) is 0 Å². The Kier molecular flexibility index (Phi) is 3.88. The van der Waals surface area contributed by atoms with E-state index in [9.17, 15) is 14.4 Å². The van der Waals surface area contributed by atoms with Crippen LogP contribution in [0.4, 0.5) is 10.5 Å². The Hall–Kier alpha value is -2.67. The number of carbonyl (C=O) groups is 3. The van der Waals surface area contributed by atoms with Gasteiger partial charge < -0.3 is 10.6 Å². The third kappa shape index (κ3) is 3.15. The van der Waals surface area contributed by atoms with E-state index < -0.39 is 18.0 Å². The fourth-order valence-electron chi connectivity index (χ4n) is 2.21. The van der Waals surface area contributed by atoms with Crippen molar-refractivity contribution in [3.8, 4) is 11.1 Å². The van der Waals surface area contributed by atoms with Gasteiger partial charge in [-0.1, -0.05) is 12.1 Å². The first-order chi connectivity index (χ1) is 10.6. The van der Waals surface area contributed by atoms with E-state index >= 15 is 0 Å². The second-order valence-electron chi connectivity index (χ2n) is 4.86. The van der Waals surface area contributed by atoms with Crippen molar-refractivity contribution in [3.05, 3.63) is 41.1 Å². The maximum atomic E-state index is 12.0. The van der Waals surface area contributed by atoms with E-state index in [2.05, 4.69) is 16.0 Å². The maximum Gasteiger partial charge on any atom is 0.322 e. The van der Waals surface area contributed by atoms with E-state index in [1.54, 1.807) is 17.4 Å². The van der Waals surface area contributed by atoms with E-state index in [4.69, 9.17) is 0 Å². The molecule has 1 unspecified atom stereocenters. The number of benzene rings is 1. The molecule has 0 bridgehead atoms. The van der Waals surface area contributed by atoms with Crippen LogP contribution >= 0.6 is 11.3 Å². The van der Waals surface area contributed by atoms with Crippen molar-refractivity contribution < 1.29 is 14.4 Å². The average Bonchev–Trinajstić information content (AvgIpc) is 3.10. The number of hydrogen-bond donors (Lipinski definition) is 3. The molecular weight excluding hydrogens is 302 g/mol. The topological polar surface area (TPSA) is 87.3 Å². The minimum absolute atomic E-state index is 0.0970. The number of urea groups is 1. The zero-order valence-electron chi connectivity index (χ0n) is 11.5. The number of imide groups is 1. The largest absolute Gasteiger partial charge is 0.326 e. The average molecular weight is 315 g/mol. The zero-order chi connectivity index (χ0) is 15.5. The van der Waals surface area contributed by atoms with Gasteiger partial charge in [0.05, 0.1) is 6.42 Å². The van der Waals surface area contributed by atoms with Crippen molar-refractivity contribution in [3.63, 3.8) is 0 Å². The molecule has 112 valence electrons. The number of rotatable bonds is 4. The minimum atomic E-state index is -0.812. The third-order valence-electron chi connectivity index (χ3n) is 3.25. The van der Waals surface area contributed by atoms with Crippen molar-refractivity contribution in [1.29, 1.82) is 0 Å². The summed E-state index contributed by atoms with van der Waals surface area (Å²) in [5.74, 6) is -0.808. The molecule has 1 saturated heterocycles. The summed E-state index contributed by atoms with van der Waals surface area (Å²) < 4.78 is 0. The highest BCUT2D eigenvalue weighted by Crippen LogP contribution is 2.24. The van der Waals surface area contributed by atoms with Crippen LogP contribution in [0.1, 0.15) is 6.42 Å². The second-order valence-corrected chi connectivity index (χ2v) is 5.64. The summed E-state index contributed by atoms with van der Waals surface area (Å²) in [4.78, 5) is 34.4. The third-order valence-corrected chi connectivity index (χ3v) is 3.93. The fourth-order valence-corrected chi connectivity index (χ4v) is 2.87. The molecule has 7 heteroatoms. The molecule has 0 spiro atoms. The molecule has 2 aromatic rings. The standard InChI is InChI=1S/C15H13N3O3S/c19-13(7-12-14(20)18-15(21)17-12)16-11-3-1-2-9(6-11)10-4-5-22-8-10/h1-6,8,12H,7H2,(H,16,19)(H2,17,18,20,21). The summed E-state index contributed by atoms with van der Waals surface area (Å²) >= 11 is 1.60. The van der Waals surface area contributed by atoms with E-state index in [-0.39, 0.29) is 12.3 Å². The van der Waals surface area contributed by atoms with Gasteiger partial charge in [-0.15, -0.1) is 0 Å². The summed E-state index contributed by atoms with van der Waals surface area (Å²) in [6.45, 7) is 0. The minimum Gasteiger partial charge on any atom is -0.326 e. The number of nitrogens with one attached hydrogen (secondary N) is 3. The highest BCUT2D eigenvalue weighted by atomic mass is 32.1. The molecular formula is C15H13N3O3S. The van der Waals surface area contributed by atoms with Gasteiger partial charge in [0.2, 0.25) is 5.91 Å². The molecule has 1 atom stereocenters. The summed E-state index contributed by atoms with van der Waals surface area (Å²) in [5, 5.41) is 11.2. The van der Waals surface area contributed by atoms with Crippen molar-refractivity contribution in [1.82, 2.24) is 10.6 Å². The Morgan fingerprint density at radius 3 is 2.77 bits per heavy atom. The van der Waals surface area contributed by atoms with Crippen molar-refractivity contribution >= 4 is 34.9 Å².